The first-order chi connectivity index (χ1) is 13.4. The minimum Gasteiger partial charge on any atom is -0.444 e. The zero-order valence-corrected chi connectivity index (χ0v) is 17.2. The van der Waals surface area contributed by atoms with Crippen LogP contribution in [0.4, 0.5) is 5.69 Å². The Hall–Kier alpha value is -2.87. The van der Waals surface area contributed by atoms with Crippen LogP contribution in [0.5, 0.6) is 0 Å². The lowest BCUT2D eigenvalue weighted by Gasteiger charge is -2.08. The summed E-state index contributed by atoms with van der Waals surface area (Å²) in [5.41, 5.74) is 3.22. The molecule has 0 saturated carbocycles. The lowest BCUT2D eigenvalue weighted by molar-refractivity contribution is 0.0951. The summed E-state index contributed by atoms with van der Waals surface area (Å²) >= 11 is 3.16. The van der Waals surface area contributed by atoms with Gasteiger partial charge >= 0.3 is 0 Å². The Bertz CT molecular complexity index is 976. The van der Waals surface area contributed by atoms with Crippen molar-refractivity contribution >= 4 is 33.4 Å². The van der Waals surface area contributed by atoms with Crippen LogP contribution in [0.1, 0.15) is 38.7 Å². The normalized spacial score (nSPS) is 10.7. The summed E-state index contributed by atoms with van der Waals surface area (Å²) < 4.78 is 7.64. The van der Waals surface area contributed by atoms with Crippen molar-refractivity contribution < 1.29 is 14.0 Å². The van der Waals surface area contributed by atoms with Crippen LogP contribution in [0.15, 0.2) is 51.6 Å². The van der Waals surface area contributed by atoms with E-state index in [0.29, 0.717) is 22.5 Å². The number of carbonyl (C=O) groups excluding carboxylic acids is 2. The van der Waals surface area contributed by atoms with Gasteiger partial charge in [0.25, 0.3) is 11.8 Å². The van der Waals surface area contributed by atoms with Gasteiger partial charge in [-0.25, -0.2) is 0 Å². The lowest BCUT2D eigenvalue weighted by atomic mass is 10.2. The van der Waals surface area contributed by atoms with Crippen molar-refractivity contribution in [3.05, 3.63) is 69.8 Å². The fourth-order valence-corrected chi connectivity index (χ4v) is 3.07. The Morgan fingerprint density at radius 1 is 1.11 bits per heavy atom. The fraction of sp³-hybridized carbons (Fsp3) is 0.250. The molecule has 2 aromatic heterocycles. The minimum atomic E-state index is -0.355. The van der Waals surface area contributed by atoms with Crippen LogP contribution in [0.2, 0.25) is 0 Å². The van der Waals surface area contributed by atoms with Gasteiger partial charge in [-0.3, -0.25) is 14.3 Å². The zero-order chi connectivity index (χ0) is 20.1. The number of hydrogen-bond acceptors (Lipinski definition) is 4. The average molecular weight is 445 g/mol. The summed E-state index contributed by atoms with van der Waals surface area (Å²) in [5, 5.41) is 10.0. The van der Waals surface area contributed by atoms with Crippen LogP contribution in [-0.4, -0.2) is 28.1 Å². The van der Waals surface area contributed by atoms with Crippen molar-refractivity contribution in [3.63, 3.8) is 0 Å². The number of amides is 2. The second-order valence-electron chi connectivity index (χ2n) is 6.39. The van der Waals surface area contributed by atoms with E-state index in [4.69, 9.17) is 4.42 Å². The molecule has 8 heteroatoms. The number of anilines is 1. The maximum Gasteiger partial charge on any atom is 0.291 e. The highest BCUT2D eigenvalue weighted by Crippen LogP contribution is 2.16. The topological polar surface area (TPSA) is 89.2 Å². The van der Waals surface area contributed by atoms with Gasteiger partial charge in [0, 0.05) is 30.0 Å². The molecule has 0 aliphatic carbocycles. The molecule has 3 rings (SSSR count). The number of aromatic nitrogens is 2. The molecule has 0 radical (unpaired) electrons. The highest BCUT2D eigenvalue weighted by atomic mass is 79.9. The summed E-state index contributed by atoms with van der Waals surface area (Å²) in [6.45, 7) is 5.30. The number of nitrogens with one attached hydrogen (secondary N) is 2. The van der Waals surface area contributed by atoms with Gasteiger partial charge < -0.3 is 15.1 Å². The molecule has 0 aliphatic heterocycles. The van der Waals surface area contributed by atoms with Crippen molar-refractivity contribution in [3.8, 4) is 0 Å². The molecule has 1 aromatic carbocycles. The molecule has 28 heavy (non-hydrogen) atoms. The van der Waals surface area contributed by atoms with E-state index in [1.807, 2.05) is 24.6 Å². The summed E-state index contributed by atoms with van der Waals surface area (Å²) in [6, 6.07) is 12.0. The quantitative estimate of drug-likeness (QED) is 0.540. The van der Waals surface area contributed by atoms with Crippen molar-refractivity contribution in [1.29, 1.82) is 0 Å². The minimum absolute atomic E-state index is 0.152. The number of hydrogen-bond donors (Lipinski definition) is 2. The van der Waals surface area contributed by atoms with E-state index in [2.05, 4.69) is 31.7 Å². The standard InChI is InChI=1S/C20H21BrN4O3/c1-13-12-14(2)25(24-13)11-3-10-22-19(26)15-4-6-16(7-5-15)23-20(27)17-8-9-18(21)28-17/h4-9,12H,3,10-11H2,1-2H3,(H,22,26)(H,23,27). The van der Waals surface area contributed by atoms with E-state index in [-0.39, 0.29) is 17.6 Å². The lowest BCUT2D eigenvalue weighted by Crippen LogP contribution is -2.25. The Kier molecular flexibility index (Phi) is 6.30. The van der Waals surface area contributed by atoms with Gasteiger partial charge in [0.1, 0.15) is 0 Å². The van der Waals surface area contributed by atoms with Crippen LogP contribution < -0.4 is 10.6 Å². The summed E-state index contributed by atoms with van der Waals surface area (Å²) in [6.07, 6.45) is 0.792. The van der Waals surface area contributed by atoms with E-state index < -0.39 is 0 Å². The molecule has 0 aliphatic rings. The van der Waals surface area contributed by atoms with Crippen LogP contribution in [0, 0.1) is 13.8 Å². The van der Waals surface area contributed by atoms with Crippen molar-refractivity contribution in [2.75, 3.05) is 11.9 Å². The molecule has 0 fully saturated rings. The summed E-state index contributed by atoms with van der Waals surface area (Å²) in [4.78, 5) is 24.3. The molecule has 0 spiro atoms. The van der Waals surface area contributed by atoms with E-state index >= 15 is 0 Å². The Morgan fingerprint density at radius 2 is 1.86 bits per heavy atom. The van der Waals surface area contributed by atoms with Crippen LogP contribution in [0.25, 0.3) is 0 Å². The maximum atomic E-state index is 12.2. The molecule has 2 heterocycles. The van der Waals surface area contributed by atoms with Crippen LogP contribution in [0.3, 0.4) is 0 Å². The zero-order valence-electron chi connectivity index (χ0n) is 15.7. The predicted octanol–water partition coefficient (Wildman–Crippen LogP) is 3.93. The first-order valence-electron chi connectivity index (χ1n) is 8.88. The molecule has 0 atom stereocenters. The van der Waals surface area contributed by atoms with E-state index in [1.54, 1.807) is 36.4 Å². The SMILES string of the molecule is Cc1cc(C)n(CCCNC(=O)c2ccc(NC(=O)c3ccc(Br)o3)cc2)n1. The number of aryl methyl sites for hydroxylation is 3. The van der Waals surface area contributed by atoms with Gasteiger partial charge in [0.05, 0.1) is 5.69 Å². The van der Waals surface area contributed by atoms with Crippen molar-refractivity contribution in [2.45, 2.75) is 26.8 Å². The average Bonchev–Trinajstić information content (AvgIpc) is 3.24. The van der Waals surface area contributed by atoms with Gasteiger partial charge in [-0.1, -0.05) is 0 Å². The molecule has 3 aromatic rings. The van der Waals surface area contributed by atoms with E-state index in [1.165, 1.54) is 0 Å². The Balaban J connectivity index is 1.46. The smallest absolute Gasteiger partial charge is 0.291 e. The number of rotatable bonds is 7. The fourth-order valence-electron chi connectivity index (χ4n) is 2.77. The maximum absolute atomic E-state index is 12.2. The first-order valence-corrected chi connectivity index (χ1v) is 9.67. The van der Waals surface area contributed by atoms with Gasteiger partial charge in [-0.15, -0.1) is 0 Å². The van der Waals surface area contributed by atoms with Crippen molar-refractivity contribution in [2.24, 2.45) is 0 Å². The second kappa shape index (κ2) is 8.88. The van der Waals surface area contributed by atoms with Crippen LogP contribution in [-0.2, 0) is 6.54 Å². The summed E-state index contributed by atoms with van der Waals surface area (Å²) in [7, 11) is 0. The predicted molar refractivity (Wildman–Crippen MR) is 109 cm³/mol. The largest absolute Gasteiger partial charge is 0.444 e. The van der Waals surface area contributed by atoms with Gasteiger partial charge in [0.2, 0.25) is 0 Å². The number of halogens is 1. The van der Waals surface area contributed by atoms with E-state index in [0.717, 1.165) is 24.4 Å². The first kappa shape index (κ1) is 19.9. The van der Waals surface area contributed by atoms with Gasteiger partial charge in [-0.2, -0.15) is 5.10 Å². The number of furan rings is 1. The van der Waals surface area contributed by atoms with Crippen molar-refractivity contribution in [1.82, 2.24) is 15.1 Å². The number of nitrogens with zero attached hydrogens (tertiary/aromatic N) is 2. The molecule has 2 amide bonds. The monoisotopic (exact) mass is 444 g/mol. The summed E-state index contributed by atoms with van der Waals surface area (Å²) in [5.74, 6) is -0.301. The molecular weight excluding hydrogens is 424 g/mol. The third kappa shape index (κ3) is 5.10. The van der Waals surface area contributed by atoms with Crippen LogP contribution >= 0.6 is 15.9 Å². The number of carbonyl (C=O) groups is 2. The Labute approximate surface area is 171 Å². The van der Waals surface area contributed by atoms with E-state index in [9.17, 15) is 9.59 Å². The third-order valence-corrected chi connectivity index (χ3v) is 4.56. The van der Waals surface area contributed by atoms with Gasteiger partial charge in [-0.05, 0) is 78.7 Å². The second-order valence-corrected chi connectivity index (χ2v) is 7.18. The molecule has 146 valence electrons. The molecule has 7 nitrogen and oxygen atoms in total. The third-order valence-electron chi connectivity index (χ3n) is 4.14. The molecule has 0 saturated heterocycles. The highest BCUT2D eigenvalue weighted by molar-refractivity contribution is 9.10. The molecule has 0 bridgehead atoms. The molecule has 0 unspecified atom stereocenters. The Morgan fingerprint density at radius 3 is 2.46 bits per heavy atom. The van der Waals surface area contributed by atoms with Gasteiger partial charge in [0.15, 0.2) is 10.4 Å². The molecular formula is C20H21BrN4O3. The highest BCUT2D eigenvalue weighted by Gasteiger charge is 2.11. The molecule has 2 N–H and O–H groups in total. The number of benzene rings is 1.